The van der Waals surface area contributed by atoms with Crippen LogP contribution in [0.2, 0.25) is 0 Å². The highest BCUT2D eigenvalue weighted by atomic mass is 32.1. The molecule has 7 nitrogen and oxygen atoms in total. The van der Waals surface area contributed by atoms with Crippen LogP contribution in [0, 0.1) is 0 Å². The first-order chi connectivity index (χ1) is 13.5. The van der Waals surface area contributed by atoms with Gasteiger partial charge in [0.2, 0.25) is 5.91 Å². The molecule has 152 valence electrons. The summed E-state index contributed by atoms with van der Waals surface area (Å²) in [7, 11) is 1.53. The molecule has 2 aromatic rings. The van der Waals surface area contributed by atoms with Crippen molar-refractivity contribution in [1.82, 2.24) is 4.90 Å². The molecule has 28 heavy (non-hydrogen) atoms. The lowest BCUT2D eigenvalue weighted by atomic mass is 9.90. The lowest BCUT2D eigenvalue weighted by molar-refractivity contribution is -0.131. The minimum atomic E-state index is -0.269. The van der Waals surface area contributed by atoms with Gasteiger partial charge in [0.25, 0.3) is 0 Å². The fourth-order valence-electron chi connectivity index (χ4n) is 3.20. The molecule has 1 amide bonds. The lowest BCUT2D eigenvalue weighted by Crippen LogP contribution is -2.37. The molecule has 0 bridgehead atoms. The molecule has 0 aliphatic heterocycles. The first-order valence-corrected chi connectivity index (χ1v) is 9.83. The molecule has 0 atom stereocenters. The molecule has 3 N–H and O–H groups in total. The van der Waals surface area contributed by atoms with Gasteiger partial charge in [0, 0.05) is 37.4 Å². The summed E-state index contributed by atoms with van der Waals surface area (Å²) in [4.78, 5) is 26.2. The number of hydrogen-bond acceptors (Lipinski definition) is 7. The van der Waals surface area contributed by atoms with E-state index in [1.807, 2.05) is 6.92 Å². The Morgan fingerprint density at radius 3 is 2.61 bits per heavy atom. The maximum Gasteiger partial charge on any atom is 0.227 e. The number of ether oxygens (including phenoxy) is 1. The van der Waals surface area contributed by atoms with Crippen molar-refractivity contribution in [3.05, 3.63) is 33.5 Å². The number of hydrogen-bond donors (Lipinski definition) is 3. The summed E-state index contributed by atoms with van der Waals surface area (Å²) in [5.74, 6) is -0.556. The summed E-state index contributed by atoms with van der Waals surface area (Å²) in [6.45, 7) is 2.45. The van der Waals surface area contributed by atoms with Crippen molar-refractivity contribution in [1.29, 1.82) is 0 Å². The topological polar surface area (TPSA) is 107 Å². The van der Waals surface area contributed by atoms with Crippen LogP contribution in [-0.2, 0) is 22.4 Å². The largest absolute Gasteiger partial charge is 0.508 e. The van der Waals surface area contributed by atoms with Crippen molar-refractivity contribution in [2.45, 2.75) is 19.8 Å². The number of aldehydes is 1. The van der Waals surface area contributed by atoms with Gasteiger partial charge in [0.05, 0.1) is 24.5 Å². The van der Waals surface area contributed by atoms with Gasteiger partial charge in [-0.3, -0.25) is 9.59 Å². The zero-order valence-corrected chi connectivity index (χ0v) is 16.8. The Bertz CT molecular complexity index is 832. The lowest BCUT2D eigenvalue weighted by Gasteiger charge is -2.23. The molecule has 0 spiro atoms. The van der Waals surface area contributed by atoms with Crippen LogP contribution >= 0.6 is 11.3 Å². The van der Waals surface area contributed by atoms with Crippen molar-refractivity contribution in [2.75, 3.05) is 33.4 Å². The highest BCUT2D eigenvalue weighted by molar-refractivity contribution is 7.12. The molecule has 2 rings (SSSR count). The summed E-state index contributed by atoms with van der Waals surface area (Å²) in [5.41, 5.74) is 1.93. The standard InChI is InChI=1S/C20H25NO6S/c1-3-13-15(10-19(26)21(5-7-22)6-8-27-2)20(17(25)11-16(13)24)14-4-9-28-18(14)12-23/h4,9,11-12,22,24-25H,3,5-8,10H2,1-2H3. The van der Waals surface area contributed by atoms with E-state index in [-0.39, 0.29) is 37.0 Å². The van der Waals surface area contributed by atoms with Crippen LogP contribution in [0.15, 0.2) is 17.5 Å². The van der Waals surface area contributed by atoms with Crippen LogP contribution in [-0.4, -0.2) is 65.8 Å². The van der Waals surface area contributed by atoms with Gasteiger partial charge in [-0.1, -0.05) is 6.92 Å². The van der Waals surface area contributed by atoms with Crippen LogP contribution in [0.4, 0.5) is 0 Å². The van der Waals surface area contributed by atoms with Gasteiger partial charge in [-0.15, -0.1) is 11.3 Å². The molecule has 1 heterocycles. The second kappa shape index (κ2) is 10.2. The molecule has 0 aliphatic rings. The van der Waals surface area contributed by atoms with E-state index in [2.05, 4.69) is 0 Å². The average molecular weight is 407 g/mol. The van der Waals surface area contributed by atoms with Gasteiger partial charge >= 0.3 is 0 Å². The summed E-state index contributed by atoms with van der Waals surface area (Å²) < 4.78 is 5.02. The fraction of sp³-hybridized carbons (Fsp3) is 0.400. The Kier molecular flexibility index (Phi) is 7.98. The first-order valence-electron chi connectivity index (χ1n) is 8.95. The van der Waals surface area contributed by atoms with E-state index in [9.17, 15) is 24.9 Å². The summed E-state index contributed by atoms with van der Waals surface area (Å²) >= 11 is 1.24. The van der Waals surface area contributed by atoms with Gasteiger partial charge in [0.1, 0.15) is 11.5 Å². The number of methoxy groups -OCH3 is 1. The predicted octanol–water partition coefficient (Wildman–Crippen LogP) is 2.21. The number of aliphatic hydroxyl groups is 1. The number of phenols is 2. The van der Waals surface area contributed by atoms with E-state index >= 15 is 0 Å². The van der Waals surface area contributed by atoms with Crippen LogP contribution in [0.1, 0.15) is 27.7 Å². The highest BCUT2D eigenvalue weighted by Gasteiger charge is 2.24. The second-order valence-corrected chi connectivity index (χ2v) is 7.14. The Balaban J connectivity index is 2.54. The van der Waals surface area contributed by atoms with E-state index in [0.29, 0.717) is 53.0 Å². The van der Waals surface area contributed by atoms with E-state index < -0.39 is 0 Å². The number of thiophene rings is 1. The first kappa shape index (κ1) is 21.9. The smallest absolute Gasteiger partial charge is 0.227 e. The van der Waals surface area contributed by atoms with Crippen molar-refractivity contribution in [3.63, 3.8) is 0 Å². The molecule has 0 radical (unpaired) electrons. The van der Waals surface area contributed by atoms with Crippen LogP contribution < -0.4 is 0 Å². The molecule has 1 aromatic heterocycles. The van der Waals surface area contributed by atoms with Crippen LogP contribution in [0.5, 0.6) is 11.5 Å². The monoisotopic (exact) mass is 407 g/mol. The quantitative estimate of drug-likeness (QED) is 0.521. The Hall–Kier alpha value is -2.42. The van der Waals surface area contributed by atoms with Gasteiger partial charge in [-0.05, 0) is 29.0 Å². The third-order valence-electron chi connectivity index (χ3n) is 4.55. The number of nitrogens with zero attached hydrogens (tertiary/aromatic N) is 1. The van der Waals surface area contributed by atoms with E-state index in [1.54, 1.807) is 11.4 Å². The number of aromatic hydroxyl groups is 2. The number of amides is 1. The summed E-state index contributed by atoms with van der Waals surface area (Å²) in [6, 6.07) is 2.95. The van der Waals surface area contributed by atoms with Crippen LogP contribution in [0.3, 0.4) is 0 Å². The Morgan fingerprint density at radius 1 is 1.25 bits per heavy atom. The third-order valence-corrected chi connectivity index (χ3v) is 5.39. The zero-order chi connectivity index (χ0) is 20.7. The number of aliphatic hydroxyl groups excluding tert-OH is 1. The molecule has 1 aromatic carbocycles. The number of carbonyl (C=O) groups is 2. The number of rotatable bonds is 10. The Labute approximate surface area is 167 Å². The fourth-order valence-corrected chi connectivity index (χ4v) is 3.91. The van der Waals surface area contributed by atoms with Crippen molar-refractivity contribution >= 4 is 23.5 Å². The van der Waals surface area contributed by atoms with E-state index in [0.717, 1.165) is 0 Å². The maximum absolute atomic E-state index is 12.9. The molecule has 8 heteroatoms. The third kappa shape index (κ3) is 4.70. The normalized spacial score (nSPS) is 10.8. The van der Waals surface area contributed by atoms with Gasteiger partial charge < -0.3 is 25.0 Å². The maximum atomic E-state index is 12.9. The highest BCUT2D eigenvalue weighted by Crippen LogP contribution is 2.42. The number of carbonyl (C=O) groups excluding carboxylic acids is 2. The van der Waals surface area contributed by atoms with Crippen molar-refractivity contribution in [2.24, 2.45) is 0 Å². The summed E-state index contributed by atoms with van der Waals surface area (Å²) in [6.07, 6.45) is 1.07. The van der Waals surface area contributed by atoms with Crippen molar-refractivity contribution < 1.29 is 29.6 Å². The van der Waals surface area contributed by atoms with E-state index in [4.69, 9.17) is 4.74 Å². The SMILES string of the molecule is CCc1c(O)cc(O)c(-c2ccsc2C=O)c1CC(=O)N(CCO)CCOC. The molecule has 0 fully saturated rings. The molecule has 0 saturated heterocycles. The second-order valence-electron chi connectivity index (χ2n) is 6.19. The van der Waals surface area contributed by atoms with Crippen molar-refractivity contribution in [3.8, 4) is 22.6 Å². The van der Waals surface area contributed by atoms with E-state index in [1.165, 1.54) is 29.4 Å². The molecule has 0 unspecified atom stereocenters. The predicted molar refractivity (Wildman–Crippen MR) is 107 cm³/mol. The minimum absolute atomic E-state index is 0.0850. The van der Waals surface area contributed by atoms with Crippen LogP contribution in [0.25, 0.3) is 11.1 Å². The number of benzene rings is 1. The molecule has 0 saturated carbocycles. The van der Waals surface area contributed by atoms with Gasteiger partial charge in [-0.2, -0.15) is 0 Å². The summed E-state index contributed by atoms with van der Waals surface area (Å²) in [5, 5.41) is 31.8. The van der Waals surface area contributed by atoms with Gasteiger partial charge in [0.15, 0.2) is 6.29 Å². The zero-order valence-electron chi connectivity index (χ0n) is 16.0. The average Bonchev–Trinajstić information content (AvgIpc) is 3.13. The van der Waals surface area contributed by atoms with Gasteiger partial charge in [-0.25, -0.2) is 0 Å². The minimum Gasteiger partial charge on any atom is -0.508 e. The molecule has 0 aliphatic carbocycles. The number of phenolic OH excluding ortho intramolecular Hbond substituents is 2. The Morgan fingerprint density at radius 2 is 2.00 bits per heavy atom. The molecular formula is C20H25NO6S. The molecular weight excluding hydrogens is 382 g/mol.